The summed E-state index contributed by atoms with van der Waals surface area (Å²) in [6, 6.07) is 7.24. The number of likely N-dealkylation sites (tertiary alicyclic amines) is 1. The second-order valence-electron chi connectivity index (χ2n) is 14.7. The van der Waals surface area contributed by atoms with Crippen LogP contribution in [0.5, 0.6) is 0 Å². The van der Waals surface area contributed by atoms with Gasteiger partial charge in [-0.05, 0) is 75.1 Å². The molecule has 13 nitrogen and oxygen atoms in total. The van der Waals surface area contributed by atoms with E-state index < -0.39 is 47.5 Å². The predicted octanol–water partition coefficient (Wildman–Crippen LogP) is 5.38. The Labute approximate surface area is 323 Å². The Hall–Kier alpha value is -5.41. The first-order chi connectivity index (χ1) is 27.3. The van der Waals surface area contributed by atoms with Crippen LogP contribution in [0.2, 0.25) is 0 Å². The summed E-state index contributed by atoms with van der Waals surface area (Å²) in [6.45, 7) is 2.82. The van der Waals surface area contributed by atoms with E-state index in [4.69, 9.17) is 4.74 Å². The number of nitrogens with zero attached hydrogens (tertiary/aromatic N) is 6. The van der Waals surface area contributed by atoms with E-state index in [0.29, 0.717) is 35.4 Å². The number of amides is 3. The van der Waals surface area contributed by atoms with Crippen molar-refractivity contribution in [2.75, 3.05) is 31.6 Å². The Balaban J connectivity index is 0.875. The zero-order valence-corrected chi connectivity index (χ0v) is 31.0. The number of fused-ring (bicyclic) bond motifs is 1. The zero-order valence-electron chi connectivity index (χ0n) is 31.0. The van der Waals surface area contributed by atoms with Gasteiger partial charge in [0.25, 0.3) is 12.3 Å². The van der Waals surface area contributed by atoms with E-state index in [1.807, 2.05) is 6.07 Å². The number of anilines is 1. The highest BCUT2D eigenvalue weighted by Crippen LogP contribution is 2.36. The van der Waals surface area contributed by atoms with E-state index in [9.17, 15) is 41.1 Å². The van der Waals surface area contributed by atoms with E-state index in [0.717, 1.165) is 63.5 Å². The number of nitrogens with one attached hydrogen (secondary N) is 2. The lowest BCUT2D eigenvalue weighted by Gasteiger charge is -2.36. The quantitative estimate of drug-likeness (QED) is 0.131. The van der Waals surface area contributed by atoms with Gasteiger partial charge in [-0.2, -0.15) is 18.3 Å². The predicted molar refractivity (Wildman–Crippen MR) is 196 cm³/mol. The summed E-state index contributed by atoms with van der Waals surface area (Å²) in [6.07, 6.45) is -1.25. The second-order valence-corrected chi connectivity index (χ2v) is 14.7. The number of aryl methyl sites for hydroxylation is 1. The molecule has 302 valence electrons. The van der Waals surface area contributed by atoms with Gasteiger partial charge in [0.15, 0.2) is 5.69 Å². The summed E-state index contributed by atoms with van der Waals surface area (Å²) < 4.78 is 77.4. The van der Waals surface area contributed by atoms with Crippen molar-refractivity contribution in [3.05, 3.63) is 75.7 Å². The van der Waals surface area contributed by atoms with Crippen molar-refractivity contribution < 1.29 is 41.1 Å². The SMILES string of the molecule is Cn1c(=O)n(C2CCC(=O)NC2=O)c2cccc(C#CCOC3CCN(C[C@H]4CC[C@H](n5cc(NC(=O)c6cccc(C(F)(F)F)n6)c(C(F)F)n5)CC4)CC3)c21. The van der Waals surface area contributed by atoms with Gasteiger partial charge in [0, 0.05) is 39.3 Å². The molecule has 3 amide bonds. The third-order valence-corrected chi connectivity index (χ3v) is 11.0. The maximum atomic E-state index is 13.9. The van der Waals surface area contributed by atoms with Crippen LogP contribution in [0.25, 0.3) is 11.0 Å². The van der Waals surface area contributed by atoms with Gasteiger partial charge >= 0.3 is 11.9 Å². The average molecular weight is 797 g/mol. The number of imidazole rings is 1. The fourth-order valence-corrected chi connectivity index (χ4v) is 8.03. The number of piperidine rings is 2. The number of aromatic nitrogens is 5. The molecule has 1 saturated carbocycles. The minimum absolute atomic E-state index is 0.0444. The zero-order chi connectivity index (χ0) is 40.4. The third kappa shape index (κ3) is 8.79. The number of hydrogen-bond acceptors (Lipinski definition) is 8. The molecular weight excluding hydrogens is 755 g/mol. The Kier molecular flexibility index (Phi) is 11.6. The number of rotatable bonds is 9. The molecule has 0 bridgehead atoms. The van der Waals surface area contributed by atoms with Crippen molar-refractivity contribution in [3.8, 4) is 11.8 Å². The first kappa shape index (κ1) is 39.8. The van der Waals surface area contributed by atoms with E-state index in [1.54, 1.807) is 19.2 Å². The lowest BCUT2D eigenvalue weighted by atomic mass is 9.85. The summed E-state index contributed by atoms with van der Waals surface area (Å²) >= 11 is 0. The summed E-state index contributed by atoms with van der Waals surface area (Å²) in [7, 11) is 1.63. The molecule has 0 spiro atoms. The fraction of sp³-hybridized carbons (Fsp3) is 0.487. The summed E-state index contributed by atoms with van der Waals surface area (Å²) in [4.78, 5) is 55.8. The van der Waals surface area contributed by atoms with Crippen LogP contribution in [0, 0.1) is 17.8 Å². The number of imide groups is 1. The molecule has 1 aromatic carbocycles. The Morgan fingerprint density at radius 3 is 2.46 bits per heavy atom. The molecule has 2 saturated heterocycles. The van der Waals surface area contributed by atoms with Crippen LogP contribution in [0.1, 0.15) is 97.3 Å². The standard InChI is InChI=1S/C39H41F5N8O5/c1-49-34-24(5-2-8-29(34)52(38(49)56)30-14-15-32(53)47-37(30)55)6-4-20-57-26-16-18-50(19-17-26)21-23-10-12-25(13-11-23)51-22-28(33(48-51)35(40)41)46-36(54)27-7-3-9-31(45-27)39(42,43)44/h2-3,5,7-9,22-23,25-26,30,35H,10-21H2,1H3,(H,46,54)(H,47,53,55)/t23-,25-,30?. The molecule has 3 fully saturated rings. The van der Waals surface area contributed by atoms with Crippen molar-refractivity contribution in [1.82, 2.24) is 34.1 Å². The lowest BCUT2D eigenvalue weighted by molar-refractivity contribution is -0.141. The number of carbonyl (C=O) groups excluding carboxylic acids is 3. The van der Waals surface area contributed by atoms with Gasteiger partial charge in [-0.1, -0.05) is 24.0 Å². The number of benzene rings is 1. The van der Waals surface area contributed by atoms with Gasteiger partial charge in [0.2, 0.25) is 11.8 Å². The van der Waals surface area contributed by atoms with Crippen molar-refractivity contribution in [2.45, 2.75) is 82.2 Å². The second kappa shape index (κ2) is 16.6. The Morgan fingerprint density at radius 2 is 1.75 bits per heavy atom. The summed E-state index contributed by atoms with van der Waals surface area (Å²) in [5.41, 5.74) is -1.29. The maximum Gasteiger partial charge on any atom is 0.433 e. The number of pyridine rings is 1. The molecule has 1 unspecified atom stereocenters. The minimum Gasteiger partial charge on any atom is -0.365 e. The lowest BCUT2D eigenvalue weighted by Crippen LogP contribution is -2.44. The number of ether oxygens (including phenoxy) is 1. The topological polar surface area (TPSA) is 145 Å². The van der Waals surface area contributed by atoms with Gasteiger partial charge in [0.1, 0.15) is 24.0 Å². The van der Waals surface area contributed by atoms with Gasteiger partial charge < -0.3 is 15.0 Å². The molecule has 4 aromatic rings. The molecule has 1 aliphatic carbocycles. The first-order valence-electron chi connectivity index (χ1n) is 18.9. The highest BCUT2D eigenvalue weighted by molar-refractivity contribution is 6.03. The first-order valence-corrected chi connectivity index (χ1v) is 18.9. The Morgan fingerprint density at radius 1 is 1.02 bits per heavy atom. The third-order valence-electron chi connectivity index (χ3n) is 11.0. The molecular formula is C39H41F5N8O5. The van der Waals surface area contributed by atoms with Crippen molar-refractivity contribution in [2.24, 2.45) is 13.0 Å². The molecule has 2 aliphatic heterocycles. The number of alkyl halides is 5. The average Bonchev–Trinajstić information content (AvgIpc) is 3.72. The van der Waals surface area contributed by atoms with Crippen molar-refractivity contribution in [3.63, 3.8) is 0 Å². The van der Waals surface area contributed by atoms with Gasteiger partial charge in [-0.15, -0.1) is 0 Å². The van der Waals surface area contributed by atoms with E-state index in [-0.39, 0.29) is 48.9 Å². The van der Waals surface area contributed by atoms with Crippen LogP contribution in [0.4, 0.5) is 27.6 Å². The molecule has 0 radical (unpaired) electrons. The molecule has 3 aromatic heterocycles. The molecule has 57 heavy (non-hydrogen) atoms. The number of para-hydroxylation sites is 1. The Bertz CT molecular complexity index is 2270. The fourth-order valence-electron chi connectivity index (χ4n) is 8.03. The molecule has 1 atom stereocenters. The van der Waals surface area contributed by atoms with Gasteiger partial charge in [-0.3, -0.25) is 33.5 Å². The molecule has 7 rings (SSSR count). The van der Waals surface area contributed by atoms with Crippen molar-refractivity contribution >= 4 is 34.4 Å². The van der Waals surface area contributed by atoms with Crippen LogP contribution in [0.15, 0.2) is 47.4 Å². The smallest absolute Gasteiger partial charge is 0.365 e. The number of halogens is 5. The van der Waals surface area contributed by atoms with Gasteiger partial charge in [0.05, 0.1) is 34.4 Å². The molecule has 3 aliphatic rings. The molecule has 5 heterocycles. The van der Waals surface area contributed by atoms with Crippen molar-refractivity contribution in [1.29, 1.82) is 0 Å². The van der Waals surface area contributed by atoms with Crippen LogP contribution in [-0.2, 0) is 27.5 Å². The minimum atomic E-state index is -4.77. The number of hydrogen-bond donors (Lipinski definition) is 2. The summed E-state index contributed by atoms with van der Waals surface area (Å²) in [5.74, 6) is 4.72. The van der Waals surface area contributed by atoms with E-state index in [2.05, 4.69) is 37.5 Å². The van der Waals surface area contributed by atoms with E-state index in [1.165, 1.54) is 20.0 Å². The van der Waals surface area contributed by atoms with Crippen LogP contribution < -0.4 is 16.3 Å². The highest BCUT2D eigenvalue weighted by Gasteiger charge is 2.34. The molecule has 18 heteroatoms. The maximum absolute atomic E-state index is 13.9. The largest absolute Gasteiger partial charge is 0.433 e. The van der Waals surface area contributed by atoms with Crippen LogP contribution in [0.3, 0.4) is 0 Å². The summed E-state index contributed by atoms with van der Waals surface area (Å²) in [5, 5.41) is 8.65. The van der Waals surface area contributed by atoms with E-state index >= 15 is 0 Å². The van der Waals surface area contributed by atoms with Crippen LogP contribution >= 0.6 is 0 Å². The normalized spacial score (nSPS) is 21.1. The number of carbonyl (C=O) groups is 3. The van der Waals surface area contributed by atoms with Gasteiger partial charge in [-0.25, -0.2) is 18.6 Å². The highest BCUT2D eigenvalue weighted by atomic mass is 19.4. The van der Waals surface area contributed by atoms with Crippen LogP contribution in [-0.4, -0.2) is 78.9 Å². The monoisotopic (exact) mass is 796 g/mol. The molecule has 2 N–H and O–H groups in total.